The first kappa shape index (κ1) is 39.8. The molecule has 2 aliphatic carbocycles. The molecule has 308 valence electrons. The smallest absolute Gasteiger partial charge is 0.407 e. The lowest BCUT2D eigenvalue weighted by molar-refractivity contribution is -0.139. The number of hydrogen-bond donors (Lipinski definition) is 3. The zero-order valence-electron chi connectivity index (χ0n) is 34.4. The number of amides is 3. The fourth-order valence-electron chi connectivity index (χ4n) is 10.3. The molecule has 0 radical (unpaired) electrons. The van der Waals surface area contributed by atoms with Crippen molar-refractivity contribution in [2.24, 2.45) is 11.8 Å². The number of rotatable bonds is 11. The molecule has 8 rings (SSSR count). The van der Waals surface area contributed by atoms with E-state index in [0.717, 1.165) is 142 Å². The summed E-state index contributed by atoms with van der Waals surface area (Å²) in [4.78, 5) is 62.9. The third-order valence-corrected chi connectivity index (χ3v) is 13.6. The first-order chi connectivity index (χ1) is 28.3. The van der Waals surface area contributed by atoms with Crippen LogP contribution in [0.1, 0.15) is 115 Å². The number of benzene rings is 2. The number of hydrogen-bond acceptors (Lipinski definition) is 7. The molecule has 2 aromatic heterocycles. The highest BCUT2D eigenvalue weighted by Gasteiger charge is 2.41. The van der Waals surface area contributed by atoms with Crippen LogP contribution in [0.25, 0.3) is 33.6 Å². The standard InChI is InChI=1S/C46H60N8O4/c1-4-52(5-2)35-24-22-34(23-25-35)44(55)53-26-8-12-40(53)42-47-28-38(49-42)32-18-14-30(15-19-32)31-16-20-33(21-17-31)39-29-48-43(50-39)41-13-9-27-54(41)45(56)36-10-6-7-11-37(36)51-46(57)58-3/h14-21,28-29,34-37,40-41H,4-13,22-27H2,1-3H3,(H,47,49)(H,48,50)(H,51,57)/t34?,35?,36?,37?,40-,41-/m0/s1. The predicted molar refractivity (Wildman–Crippen MR) is 224 cm³/mol. The second-order valence-corrected chi connectivity index (χ2v) is 16.8. The number of imidazole rings is 2. The van der Waals surface area contributed by atoms with Gasteiger partial charge in [-0.05, 0) is 99.6 Å². The predicted octanol–water partition coefficient (Wildman–Crippen LogP) is 8.28. The van der Waals surface area contributed by atoms with Crippen molar-refractivity contribution in [1.29, 1.82) is 0 Å². The average molecular weight is 789 g/mol. The summed E-state index contributed by atoms with van der Waals surface area (Å²) < 4.78 is 4.84. The molecule has 0 bridgehead atoms. The molecule has 2 saturated heterocycles. The van der Waals surface area contributed by atoms with Crippen LogP contribution in [-0.4, -0.2) is 97.9 Å². The quantitative estimate of drug-likeness (QED) is 0.139. The van der Waals surface area contributed by atoms with E-state index in [-0.39, 0.29) is 35.9 Å². The Labute approximate surface area is 342 Å². The molecule has 12 heteroatoms. The molecule has 12 nitrogen and oxygen atoms in total. The lowest BCUT2D eigenvalue weighted by Crippen LogP contribution is -2.49. The summed E-state index contributed by atoms with van der Waals surface area (Å²) in [6, 6.07) is 17.3. The Morgan fingerprint density at radius 3 is 1.69 bits per heavy atom. The average Bonchev–Trinajstić information content (AvgIpc) is 4.12. The topological polar surface area (TPSA) is 140 Å². The third kappa shape index (κ3) is 8.30. The van der Waals surface area contributed by atoms with Gasteiger partial charge in [0, 0.05) is 31.1 Å². The van der Waals surface area contributed by atoms with E-state index in [1.807, 2.05) is 17.3 Å². The van der Waals surface area contributed by atoms with Crippen molar-refractivity contribution >= 4 is 17.9 Å². The molecule has 2 saturated carbocycles. The van der Waals surface area contributed by atoms with E-state index >= 15 is 0 Å². The fraction of sp³-hybridized carbons (Fsp3) is 0.543. The van der Waals surface area contributed by atoms with Crippen molar-refractivity contribution in [3.63, 3.8) is 0 Å². The van der Waals surface area contributed by atoms with Crippen LogP contribution in [0.5, 0.6) is 0 Å². The number of carbonyl (C=O) groups is 3. The van der Waals surface area contributed by atoms with Crippen LogP contribution in [0, 0.1) is 11.8 Å². The molecule has 2 unspecified atom stereocenters. The first-order valence-corrected chi connectivity index (χ1v) is 21.9. The van der Waals surface area contributed by atoms with Gasteiger partial charge in [0.2, 0.25) is 11.8 Å². The number of ether oxygens (including phenoxy) is 1. The Morgan fingerprint density at radius 1 is 0.672 bits per heavy atom. The number of aromatic amines is 2. The molecule has 4 aliphatic rings. The Morgan fingerprint density at radius 2 is 1.17 bits per heavy atom. The van der Waals surface area contributed by atoms with Gasteiger partial charge in [0.1, 0.15) is 11.6 Å². The van der Waals surface area contributed by atoms with Crippen molar-refractivity contribution in [1.82, 2.24) is 40.0 Å². The van der Waals surface area contributed by atoms with Gasteiger partial charge in [0.25, 0.3) is 0 Å². The highest BCUT2D eigenvalue weighted by Crippen LogP contribution is 2.38. The van der Waals surface area contributed by atoms with Gasteiger partial charge < -0.3 is 34.7 Å². The molecule has 4 fully saturated rings. The van der Waals surface area contributed by atoms with E-state index in [2.05, 4.69) is 87.5 Å². The Hall–Kier alpha value is -4.97. The number of methoxy groups -OCH3 is 1. The first-order valence-electron chi connectivity index (χ1n) is 21.9. The summed E-state index contributed by atoms with van der Waals surface area (Å²) in [5.41, 5.74) is 6.20. The second-order valence-electron chi connectivity index (χ2n) is 16.8. The zero-order chi connectivity index (χ0) is 40.2. The second kappa shape index (κ2) is 17.9. The van der Waals surface area contributed by atoms with Gasteiger partial charge in [-0.3, -0.25) is 9.59 Å². The molecule has 4 aromatic rings. The van der Waals surface area contributed by atoms with Gasteiger partial charge in [0.15, 0.2) is 0 Å². The SMILES string of the molecule is CCN(CC)C1CCC(C(=O)N2CCC[C@H]2c2ncc(-c3ccc(-c4ccc(-c5cnc([C@@H]6CCCN6C(=O)C6CCCCC6NC(=O)OC)[nH]5)cc4)cc3)[nH]2)CC1. The summed E-state index contributed by atoms with van der Waals surface area (Å²) in [6.07, 6.45) is 14.7. The van der Waals surface area contributed by atoms with Crippen LogP contribution < -0.4 is 5.32 Å². The molecule has 4 heterocycles. The van der Waals surface area contributed by atoms with Gasteiger partial charge in [-0.25, -0.2) is 14.8 Å². The Bertz CT molecular complexity index is 2010. The van der Waals surface area contributed by atoms with Gasteiger partial charge >= 0.3 is 6.09 Å². The molecule has 3 amide bonds. The minimum absolute atomic E-state index is 0.0104. The minimum atomic E-state index is -0.482. The van der Waals surface area contributed by atoms with Crippen molar-refractivity contribution in [2.75, 3.05) is 33.3 Å². The number of aromatic nitrogens is 4. The Kier molecular flexibility index (Phi) is 12.3. The Balaban J connectivity index is 0.883. The monoisotopic (exact) mass is 788 g/mol. The fourth-order valence-corrected chi connectivity index (χ4v) is 10.3. The molecule has 58 heavy (non-hydrogen) atoms. The largest absolute Gasteiger partial charge is 0.453 e. The lowest BCUT2D eigenvalue weighted by Gasteiger charge is -2.37. The number of alkyl carbamates (subject to hydrolysis) is 1. The van der Waals surface area contributed by atoms with E-state index in [1.165, 1.54) is 7.11 Å². The van der Waals surface area contributed by atoms with E-state index in [0.29, 0.717) is 18.5 Å². The van der Waals surface area contributed by atoms with Crippen molar-refractivity contribution in [2.45, 2.75) is 115 Å². The molecule has 3 N–H and O–H groups in total. The van der Waals surface area contributed by atoms with Gasteiger partial charge in [0.05, 0.1) is 48.9 Å². The van der Waals surface area contributed by atoms with E-state index in [1.54, 1.807) is 0 Å². The van der Waals surface area contributed by atoms with Crippen molar-refractivity contribution in [3.05, 3.63) is 72.6 Å². The number of carbonyl (C=O) groups excluding carboxylic acids is 3. The maximum absolute atomic E-state index is 13.9. The maximum atomic E-state index is 13.9. The van der Waals surface area contributed by atoms with Crippen LogP contribution in [0.15, 0.2) is 60.9 Å². The van der Waals surface area contributed by atoms with Crippen LogP contribution in [0.4, 0.5) is 4.79 Å². The summed E-state index contributed by atoms with van der Waals surface area (Å²) in [7, 11) is 1.36. The molecule has 2 aromatic carbocycles. The molecular formula is C46H60N8O4. The summed E-state index contributed by atoms with van der Waals surface area (Å²) in [6.45, 7) is 8.12. The third-order valence-electron chi connectivity index (χ3n) is 13.6. The highest BCUT2D eigenvalue weighted by molar-refractivity contribution is 5.82. The normalized spacial score (nSPS) is 25.0. The van der Waals surface area contributed by atoms with Gasteiger partial charge in [-0.15, -0.1) is 0 Å². The van der Waals surface area contributed by atoms with Crippen LogP contribution in [0.3, 0.4) is 0 Å². The lowest BCUT2D eigenvalue weighted by atomic mass is 9.83. The van der Waals surface area contributed by atoms with Crippen LogP contribution >= 0.6 is 0 Å². The van der Waals surface area contributed by atoms with Crippen molar-refractivity contribution < 1.29 is 19.1 Å². The summed E-state index contributed by atoms with van der Waals surface area (Å²) >= 11 is 0. The van der Waals surface area contributed by atoms with E-state index < -0.39 is 6.09 Å². The number of nitrogens with zero attached hydrogens (tertiary/aromatic N) is 5. The molecule has 2 aliphatic heterocycles. The molecular weight excluding hydrogens is 729 g/mol. The van der Waals surface area contributed by atoms with Crippen molar-refractivity contribution in [3.8, 4) is 33.6 Å². The van der Waals surface area contributed by atoms with Gasteiger partial charge in [-0.1, -0.05) is 75.2 Å². The number of H-pyrrole nitrogens is 2. The number of likely N-dealkylation sites (tertiary alicyclic amines) is 2. The van der Waals surface area contributed by atoms with Crippen LogP contribution in [0.2, 0.25) is 0 Å². The minimum Gasteiger partial charge on any atom is -0.453 e. The van der Waals surface area contributed by atoms with Gasteiger partial charge in [-0.2, -0.15) is 0 Å². The molecule has 0 spiro atoms. The van der Waals surface area contributed by atoms with E-state index in [9.17, 15) is 14.4 Å². The highest BCUT2D eigenvalue weighted by atomic mass is 16.5. The van der Waals surface area contributed by atoms with E-state index in [4.69, 9.17) is 14.7 Å². The maximum Gasteiger partial charge on any atom is 0.407 e. The molecule has 4 atom stereocenters. The zero-order valence-corrected chi connectivity index (χ0v) is 34.4. The summed E-state index contributed by atoms with van der Waals surface area (Å²) in [5.74, 6) is 1.97. The number of nitrogens with one attached hydrogen (secondary N) is 3. The van der Waals surface area contributed by atoms with Crippen LogP contribution in [-0.2, 0) is 14.3 Å². The summed E-state index contributed by atoms with van der Waals surface area (Å²) in [5, 5.41) is 2.91.